The zero-order valence-corrected chi connectivity index (χ0v) is 11.4. The van der Waals surface area contributed by atoms with Gasteiger partial charge in [0.05, 0.1) is 17.1 Å². The number of amides is 2. The Hall–Kier alpha value is -2.28. The van der Waals surface area contributed by atoms with Crippen molar-refractivity contribution in [3.8, 4) is 0 Å². The van der Waals surface area contributed by atoms with Gasteiger partial charge in [-0.05, 0) is 25.1 Å². The monoisotopic (exact) mass is 296 g/mol. The summed E-state index contributed by atoms with van der Waals surface area (Å²) < 4.78 is 0. The molecule has 0 spiro atoms. The fourth-order valence-corrected chi connectivity index (χ4v) is 1.59. The molecule has 107 valence electrons. The van der Waals surface area contributed by atoms with Crippen LogP contribution in [0.1, 0.15) is 10.4 Å². The quantitative estimate of drug-likeness (QED) is 0.397. The minimum absolute atomic E-state index is 0.172. The molecule has 0 aromatic heterocycles. The molecule has 7 nitrogen and oxygen atoms in total. The van der Waals surface area contributed by atoms with Gasteiger partial charge in [-0.3, -0.25) is 15.0 Å². The summed E-state index contributed by atoms with van der Waals surface area (Å²) >= 11 is 5.92. The topological polar surface area (TPSA) is 120 Å². The minimum atomic E-state index is -0.499. The summed E-state index contributed by atoms with van der Waals surface area (Å²) in [7, 11) is 0. The number of rotatable bonds is 5. The van der Waals surface area contributed by atoms with Gasteiger partial charge in [-0.25, -0.2) is 0 Å². The van der Waals surface area contributed by atoms with Crippen molar-refractivity contribution in [2.45, 2.75) is 0 Å². The van der Waals surface area contributed by atoms with Crippen molar-refractivity contribution in [2.75, 3.05) is 18.4 Å². The predicted octanol–water partition coefficient (Wildman–Crippen LogP) is 0.325. The van der Waals surface area contributed by atoms with Gasteiger partial charge < -0.3 is 21.7 Å². The van der Waals surface area contributed by atoms with Crippen molar-refractivity contribution in [3.63, 3.8) is 0 Å². The molecule has 1 radical (unpaired) electrons. The average molecular weight is 297 g/mol. The van der Waals surface area contributed by atoms with Crippen LogP contribution < -0.4 is 21.7 Å². The fraction of sp³-hybridized carbons (Fsp3) is 0.167. The molecule has 2 amide bonds. The van der Waals surface area contributed by atoms with Crippen molar-refractivity contribution in [2.24, 2.45) is 5.73 Å². The van der Waals surface area contributed by atoms with Crippen LogP contribution in [0.4, 0.5) is 5.69 Å². The Kier molecular flexibility index (Phi) is 5.79. The molecule has 1 rings (SSSR count). The summed E-state index contributed by atoms with van der Waals surface area (Å²) in [5.41, 5.74) is 5.83. The molecule has 6 N–H and O–H groups in total. The molecular formula is C12H15ClN5O2. The van der Waals surface area contributed by atoms with E-state index >= 15 is 0 Å². The number of benzene rings is 1. The van der Waals surface area contributed by atoms with Gasteiger partial charge in [0.25, 0.3) is 5.91 Å². The molecule has 0 fully saturated rings. The van der Waals surface area contributed by atoms with Crippen molar-refractivity contribution >= 4 is 35.1 Å². The van der Waals surface area contributed by atoms with Crippen LogP contribution in [-0.4, -0.2) is 30.9 Å². The number of guanidine groups is 1. The maximum atomic E-state index is 11.9. The highest BCUT2D eigenvalue weighted by molar-refractivity contribution is 6.34. The van der Waals surface area contributed by atoms with Crippen LogP contribution >= 0.6 is 11.6 Å². The first kappa shape index (κ1) is 15.8. The Bertz CT molecular complexity index is 533. The molecule has 0 saturated carbocycles. The van der Waals surface area contributed by atoms with Crippen LogP contribution in [0.2, 0.25) is 5.02 Å². The summed E-state index contributed by atoms with van der Waals surface area (Å²) in [5, 5.41) is 14.8. The second kappa shape index (κ2) is 7.34. The lowest BCUT2D eigenvalue weighted by Gasteiger charge is -2.09. The third-order valence-corrected chi connectivity index (χ3v) is 2.55. The van der Waals surface area contributed by atoms with E-state index in [0.717, 1.165) is 0 Å². The number of carbonyl (C=O) groups excluding carboxylic acids is 2. The van der Waals surface area contributed by atoms with E-state index in [0.29, 0.717) is 5.69 Å². The number of halogens is 1. The Morgan fingerprint density at radius 1 is 1.35 bits per heavy atom. The number of nitrogens with two attached hydrogens (primary N) is 1. The molecule has 0 saturated heterocycles. The van der Waals surface area contributed by atoms with E-state index in [-0.39, 0.29) is 35.5 Å². The van der Waals surface area contributed by atoms with Gasteiger partial charge in [-0.2, -0.15) is 0 Å². The normalized spacial score (nSPS) is 9.70. The molecule has 0 bridgehead atoms. The number of hydrogen-bond donors (Lipinski definition) is 5. The van der Waals surface area contributed by atoms with Gasteiger partial charge in [0.1, 0.15) is 0 Å². The van der Waals surface area contributed by atoms with Crippen molar-refractivity contribution in [3.05, 3.63) is 35.7 Å². The van der Waals surface area contributed by atoms with E-state index in [1.54, 1.807) is 6.07 Å². The van der Waals surface area contributed by atoms with Gasteiger partial charge in [0.15, 0.2) is 5.96 Å². The fourth-order valence-electron chi connectivity index (χ4n) is 1.39. The highest BCUT2D eigenvalue weighted by Crippen LogP contribution is 2.20. The molecule has 0 aliphatic carbocycles. The SMILES string of the molecule is [CH2]CNC(=O)CNC(=O)c1cc(NC(=N)N)ccc1Cl. The van der Waals surface area contributed by atoms with Crippen molar-refractivity contribution < 1.29 is 9.59 Å². The third kappa shape index (κ3) is 4.77. The number of hydrogen-bond acceptors (Lipinski definition) is 3. The number of anilines is 1. The first-order chi connectivity index (χ1) is 9.43. The highest BCUT2D eigenvalue weighted by atomic mass is 35.5. The zero-order valence-electron chi connectivity index (χ0n) is 10.6. The van der Waals surface area contributed by atoms with Crippen LogP contribution in [0.5, 0.6) is 0 Å². The van der Waals surface area contributed by atoms with Crippen LogP contribution in [0.3, 0.4) is 0 Å². The molecule has 0 heterocycles. The first-order valence-corrected chi connectivity index (χ1v) is 6.06. The van der Waals surface area contributed by atoms with Crippen LogP contribution in [-0.2, 0) is 4.79 Å². The van der Waals surface area contributed by atoms with Gasteiger partial charge in [0.2, 0.25) is 5.91 Å². The summed E-state index contributed by atoms with van der Waals surface area (Å²) in [6.45, 7) is 3.53. The lowest BCUT2D eigenvalue weighted by atomic mass is 10.2. The molecule has 0 atom stereocenters. The number of carbonyl (C=O) groups is 2. The molecule has 20 heavy (non-hydrogen) atoms. The van der Waals surface area contributed by atoms with Gasteiger partial charge in [-0.15, -0.1) is 0 Å². The van der Waals surface area contributed by atoms with Crippen molar-refractivity contribution in [1.29, 1.82) is 5.41 Å². The summed E-state index contributed by atoms with van der Waals surface area (Å²) in [4.78, 5) is 23.1. The Morgan fingerprint density at radius 3 is 2.65 bits per heavy atom. The van der Waals surface area contributed by atoms with E-state index in [9.17, 15) is 9.59 Å². The Morgan fingerprint density at radius 2 is 2.05 bits per heavy atom. The average Bonchev–Trinajstić information content (AvgIpc) is 2.38. The molecule has 0 unspecified atom stereocenters. The standard InChI is InChI=1S/C12H15ClN5O2/c1-2-16-10(19)6-17-11(20)8-5-7(18-12(14)15)3-4-9(8)13/h3-5H,1-2,6H2,(H,16,19)(H,17,20)(H4,14,15,18). The van der Waals surface area contributed by atoms with E-state index in [4.69, 9.17) is 22.7 Å². The molecule has 1 aromatic rings. The predicted molar refractivity (Wildman–Crippen MR) is 77.7 cm³/mol. The van der Waals surface area contributed by atoms with E-state index in [1.807, 2.05) is 0 Å². The lowest BCUT2D eigenvalue weighted by molar-refractivity contribution is -0.119. The second-order valence-electron chi connectivity index (χ2n) is 3.77. The largest absolute Gasteiger partial charge is 0.370 e. The van der Waals surface area contributed by atoms with Crippen LogP contribution in [0.25, 0.3) is 0 Å². The first-order valence-electron chi connectivity index (χ1n) is 5.68. The maximum Gasteiger partial charge on any atom is 0.253 e. The minimum Gasteiger partial charge on any atom is -0.370 e. The third-order valence-electron chi connectivity index (χ3n) is 2.22. The highest BCUT2D eigenvalue weighted by Gasteiger charge is 2.12. The van der Waals surface area contributed by atoms with Crippen LogP contribution in [0, 0.1) is 12.3 Å². The maximum absolute atomic E-state index is 11.9. The van der Waals surface area contributed by atoms with Gasteiger partial charge in [0, 0.05) is 12.2 Å². The van der Waals surface area contributed by atoms with E-state index < -0.39 is 5.91 Å². The zero-order chi connectivity index (χ0) is 15.1. The van der Waals surface area contributed by atoms with Gasteiger partial charge in [-0.1, -0.05) is 11.6 Å². The Labute approximate surface area is 121 Å². The van der Waals surface area contributed by atoms with E-state index in [1.165, 1.54) is 12.1 Å². The molecular weight excluding hydrogens is 282 g/mol. The van der Waals surface area contributed by atoms with E-state index in [2.05, 4.69) is 22.9 Å². The molecule has 0 aliphatic heterocycles. The summed E-state index contributed by atoms with van der Waals surface area (Å²) in [6, 6.07) is 4.52. The summed E-state index contributed by atoms with van der Waals surface area (Å²) in [5.74, 6) is -1.10. The summed E-state index contributed by atoms with van der Waals surface area (Å²) in [6.07, 6.45) is 0. The molecule has 0 aliphatic rings. The number of nitrogens with one attached hydrogen (secondary N) is 4. The lowest BCUT2D eigenvalue weighted by Crippen LogP contribution is -2.36. The van der Waals surface area contributed by atoms with Crippen LogP contribution in [0.15, 0.2) is 18.2 Å². The van der Waals surface area contributed by atoms with Gasteiger partial charge >= 0.3 is 0 Å². The second-order valence-corrected chi connectivity index (χ2v) is 4.17. The molecule has 1 aromatic carbocycles. The molecule has 8 heteroatoms. The Balaban J connectivity index is 2.76. The van der Waals surface area contributed by atoms with Crippen molar-refractivity contribution in [1.82, 2.24) is 10.6 Å². The smallest absolute Gasteiger partial charge is 0.253 e.